The van der Waals surface area contributed by atoms with Gasteiger partial charge in [-0.25, -0.2) is 4.98 Å². The van der Waals surface area contributed by atoms with Crippen molar-refractivity contribution >= 4 is 16.7 Å². The number of hydrogen-bond acceptors (Lipinski definition) is 2. The van der Waals surface area contributed by atoms with Crippen LogP contribution in [0.2, 0.25) is 0 Å². The van der Waals surface area contributed by atoms with E-state index in [-0.39, 0.29) is 0 Å². The summed E-state index contributed by atoms with van der Waals surface area (Å²) >= 11 is 0. The van der Waals surface area contributed by atoms with Gasteiger partial charge in [-0.1, -0.05) is 12.1 Å². The molecule has 1 heterocycles. The van der Waals surface area contributed by atoms with Crippen LogP contribution in [0.1, 0.15) is 6.92 Å². The van der Waals surface area contributed by atoms with Crippen LogP contribution >= 0.6 is 0 Å². The largest absolute Gasteiger partial charge is 0.385 e. The molecule has 0 radical (unpaired) electrons. The Balaban J connectivity index is 1.98. The lowest BCUT2D eigenvalue weighted by Crippen LogP contribution is -1.95. The van der Waals surface area contributed by atoms with Gasteiger partial charge in [0.15, 0.2) is 0 Å². The van der Waals surface area contributed by atoms with Gasteiger partial charge in [0.1, 0.15) is 5.82 Å². The molecule has 0 saturated carbocycles. The molecule has 3 heteroatoms. The van der Waals surface area contributed by atoms with Gasteiger partial charge in [0.05, 0.1) is 11.0 Å². The molecule has 0 spiro atoms. The number of hydrogen-bond donors (Lipinski definition) is 2. The van der Waals surface area contributed by atoms with E-state index in [4.69, 9.17) is 0 Å². The number of aromatic amines is 1. The standard InChI is InChI=1S/C15H15N3/c1-2-16-12-9-7-11(8-10-12)15-17-13-5-3-4-6-14(13)18-15/h3-10,16H,2H2,1H3,(H,17,18). The van der Waals surface area contributed by atoms with E-state index in [1.165, 1.54) is 0 Å². The molecule has 3 aromatic rings. The summed E-state index contributed by atoms with van der Waals surface area (Å²) in [6.07, 6.45) is 0. The topological polar surface area (TPSA) is 40.7 Å². The fourth-order valence-electron chi connectivity index (χ4n) is 2.04. The van der Waals surface area contributed by atoms with Gasteiger partial charge in [-0.3, -0.25) is 0 Å². The summed E-state index contributed by atoms with van der Waals surface area (Å²) in [7, 11) is 0. The first-order valence-corrected chi connectivity index (χ1v) is 6.16. The third-order valence-electron chi connectivity index (χ3n) is 2.93. The minimum atomic E-state index is 0.916. The maximum Gasteiger partial charge on any atom is 0.138 e. The molecule has 2 aromatic carbocycles. The van der Waals surface area contributed by atoms with E-state index in [2.05, 4.69) is 46.5 Å². The lowest BCUT2D eigenvalue weighted by atomic mass is 10.2. The number of rotatable bonds is 3. The number of benzene rings is 2. The van der Waals surface area contributed by atoms with Gasteiger partial charge >= 0.3 is 0 Å². The number of H-pyrrole nitrogens is 1. The first kappa shape index (κ1) is 10.8. The van der Waals surface area contributed by atoms with Gasteiger partial charge in [0.25, 0.3) is 0 Å². The highest BCUT2D eigenvalue weighted by Gasteiger charge is 2.04. The third kappa shape index (κ3) is 1.95. The molecule has 0 aliphatic rings. The molecular weight excluding hydrogens is 222 g/mol. The fraction of sp³-hybridized carbons (Fsp3) is 0.133. The van der Waals surface area contributed by atoms with Crippen LogP contribution in [0.15, 0.2) is 48.5 Å². The van der Waals surface area contributed by atoms with Crippen LogP contribution in [0.5, 0.6) is 0 Å². The Morgan fingerprint density at radius 3 is 2.56 bits per heavy atom. The van der Waals surface area contributed by atoms with E-state index in [9.17, 15) is 0 Å². The summed E-state index contributed by atoms with van der Waals surface area (Å²) in [6.45, 7) is 3.02. The molecule has 0 unspecified atom stereocenters. The van der Waals surface area contributed by atoms with Crippen molar-refractivity contribution in [3.63, 3.8) is 0 Å². The lowest BCUT2D eigenvalue weighted by molar-refractivity contribution is 1.21. The summed E-state index contributed by atoms with van der Waals surface area (Å²) < 4.78 is 0. The minimum Gasteiger partial charge on any atom is -0.385 e. The molecule has 18 heavy (non-hydrogen) atoms. The lowest BCUT2D eigenvalue weighted by Gasteiger charge is -2.03. The van der Waals surface area contributed by atoms with Crippen LogP contribution in [0, 0.1) is 0 Å². The van der Waals surface area contributed by atoms with Gasteiger partial charge in [0, 0.05) is 17.8 Å². The van der Waals surface area contributed by atoms with Gasteiger partial charge < -0.3 is 10.3 Å². The SMILES string of the molecule is CCNc1ccc(-c2nc3ccccc3[nH]2)cc1. The zero-order valence-electron chi connectivity index (χ0n) is 10.3. The molecule has 90 valence electrons. The van der Waals surface area contributed by atoms with E-state index in [1.807, 2.05) is 24.3 Å². The maximum atomic E-state index is 4.58. The van der Waals surface area contributed by atoms with Crippen LogP contribution < -0.4 is 5.32 Å². The highest BCUT2D eigenvalue weighted by Crippen LogP contribution is 2.21. The molecular formula is C15H15N3. The average Bonchev–Trinajstić information content (AvgIpc) is 2.84. The third-order valence-corrected chi connectivity index (χ3v) is 2.93. The number of fused-ring (bicyclic) bond motifs is 1. The highest BCUT2D eigenvalue weighted by molar-refractivity contribution is 5.79. The van der Waals surface area contributed by atoms with Crippen molar-refractivity contribution in [2.45, 2.75) is 6.92 Å². The molecule has 0 bridgehead atoms. The first-order chi connectivity index (χ1) is 8.86. The Kier molecular flexibility index (Phi) is 2.73. The normalized spacial score (nSPS) is 10.7. The van der Waals surface area contributed by atoms with Crippen LogP contribution in [-0.4, -0.2) is 16.5 Å². The predicted molar refractivity (Wildman–Crippen MR) is 75.7 cm³/mol. The summed E-state index contributed by atoms with van der Waals surface area (Å²) in [5.74, 6) is 0.916. The predicted octanol–water partition coefficient (Wildman–Crippen LogP) is 3.66. The molecule has 0 amide bonds. The van der Waals surface area contributed by atoms with Gasteiger partial charge in [0.2, 0.25) is 0 Å². The van der Waals surface area contributed by atoms with Crippen LogP contribution in [-0.2, 0) is 0 Å². The molecule has 0 fully saturated rings. The van der Waals surface area contributed by atoms with Crippen molar-refractivity contribution in [3.05, 3.63) is 48.5 Å². The van der Waals surface area contributed by atoms with Crippen molar-refractivity contribution in [2.75, 3.05) is 11.9 Å². The van der Waals surface area contributed by atoms with E-state index in [0.29, 0.717) is 0 Å². The summed E-state index contributed by atoms with van der Waals surface area (Å²) in [5.41, 5.74) is 4.32. The Morgan fingerprint density at radius 2 is 1.83 bits per heavy atom. The molecule has 3 rings (SSSR count). The molecule has 1 aromatic heterocycles. The van der Waals surface area contributed by atoms with E-state index in [0.717, 1.165) is 34.7 Å². The van der Waals surface area contributed by atoms with Crippen molar-refractivity contribution in [3.8, 4) is 11.4 Å². The van der Waals surface area contributed by atoms with Gasteiger partial charge in [-0.05, 0) is 43.3 Å². The zero-order chi connectivity index (χ0) is 12.4. The molecule has 0 saturated heterocycles. The number of anilines is 1. The number of nitrogens with zero attached hydrogens (tertiary/aromatic N) is 1. The van der Waals surface area contributed by atoms with Gasteiger partial charge in [-0.2, -0.15) is 0 Å². The Hall–Kier alpha value is -2.29. The van der Waals surface area contributed by atoms with Crippen molar-refractivity contribution in [1.82, 2.24) is 9.97 Å². The molecule has 2 N–H and O–H groups in total. The Labute approximate surface area is 106 Å². The monoisotopic (exact) mass is 237 g/mol. The number of aromatic nitrogens is 2. The van der Waals surface area contributed by atoms with Crippen molar-refractivity contribution in [2.24, 2.45) is 0 Å². The maximum absolute atomic E-state index is 4.58. The summed E-state index contributed by atoms with van der Waals surface area (Å²) in [5, 5.41) is 3.28. The Morgan fingerprint density at radius 1 is 1.06 bits per heavy atom. The number of nitrogens with one attached hydrogen (secondary N) is 2. The van der Waals surface area contributed by atoms with Gasteiger partial charge in [-0.15, -0.1) is 0 Å². The minimum absolute atomic E-state index is 0.916. The van der Waals surface area contributed by atoms with Crippen molar-refractivity contribution in [1.29, 1.82) is 0 Å². The average molecular weight is 237 g/mol. The number of para-hydroxylation sites is 2. The van der Waals surface area contributed by atoms with E-state index < -0.39 is 0 Å². The Bertz CT molecular complexity index is 620. The summed E-state index contributed by atoms with van der Waals surface area (Å²) in [4.78, 5) is 7.91. The van der Waals surface area contributed by atoms with E-state index >= 15 is 0 Å². The summed E-state index contributed by atoms with van der Waals surface area (Å²) in [6, 6.07) is 16.4. The molecule has 0 aliphatic heterocycles. The fourth-order valence-corrected chi connectivity index (χ4v) is 2.04. The number of imidazole rings is 1. The second-order valence-corrected chi connectivity index (χ2v) is 4.21. The second kappa shape index (κ2) is 4.53. The molecule has 0 atom stereocenters. The second-order valence-electron chi connectivity index (χ2n) is 4.21. The van der Waals surface area contributed by atoms with E-state index in [1.54, 1.807) is 0 Å². The van der Waals surface area contributed by atoms with Crippen LogP contribution in [0.3, 0.4) is 0 Å². The molecule has 0 aliphatic carbocycles. The molecule has 3 nitrogen and oxygen atoms in total. The quantitative estimate of drug-likeness (QED) is 0.729. The zero-order valence-corrected chi connectivity index (χ0v) is 10.3. The van der Waals surface area contributed by atoms with Crippen molar-refractivity contribution < 1.29 is 0 Å². The highest BCUT2D eigenvalue weighted by atomic mass is 14.9. The van der Waals surface area contributed by atoms with Crippen LogP contribution in [0.4, 0.5) is 5.69 Å². The van der Waals surface area contributed by atoms with Crippen LogP contribution in [0.25, 0.3) is 22.4 Å². The first-order valence-electron chi connectivity index (χ1n) is 6.16. The smallest absolute Gasteiger partial charge is 0.138 e.